The summed E-state index contributed by atoms with van der Waals surface area (Å²) in [6, 6.07) is 0. The smallest absolute Gasteiger partial charge is 0 e. The summed E-state index contributed by atoms with van der Waals surface area (Å²) < 4.78 is 0. The summed E-state index contributed by atoms with van der Waals surface area (Å²) in [5.74, 6) is 0.795. The Morgan fingerprint density at radius 2 is 2.00 bits per heavy atom. The maximum absolute atomic E-state index is 4.36. The van der Waals surface area contributed by atoms with Crippen LogP contribution in [0.5, 0.6) is 0 Å². The average Bonchev–Trinajstić information content (AvgIpc) is 2.16. The van der Waals surface area contributed by atoms with Crippen LogP contribution in [0.4, 0.5) is 0 Å². The van der Waals surface area contributed by atoms with Crippen molar-refractivity contribution in [2.45, 2.75) is 27.2 Å². The van der Waals surface area contributed by atoms with E-state index in [1.54, 1.807) is 0 Å². The van der Waals surface area contributed by atoms with E-state index in [9.17, 15) is 0 Å². The molecule has 1 aliphatic rings. The first kappa shape index (κ1) is 10.6. The van der Waals surface area contributed by atoms with Crippen LogP contribution in [0.2, 0.25) is 0 Å². The maximum Gasteiger partial charge on any atom is 0 e. The van der Waals surface area contributed by atoms with Crippen LogP contribution < -0.4 is 0 Å². The van der Waals surface area contributed by atoms with Crippen LogP contribution in [0.3, 0.4) is 0 Å². The average molecular weight is 312 g/mol. The molecule has 1 rings (SSSR count). The fourth-order valence-corrected chi connectivity index (χ4v) is 1.22. The third-order valence-electron chi connectivity index (χ3n) is 2.71. The molecule has 1 fully saturated rings. The van der Waals surface area contributed by atoms with E-state index in [1.807, 2.05) is 0 Å². The van der Waals surface area contributed by atoms with Gasteiger partial charge in [-0.15, -0.1) is 13.1 Å². The molecule has 0 amide bonds. The van der Waals surface area contributed by atoms with Gasteiger partial charge in [0.1, 0.15) is 0 Å². The van der Waals surface area contributed by atoms with E-state index in [1.165, 1.54) is 6.42 Å². The summed E-state index contributed by atoms with van der Waals surface area (Å²) in [6.45, 7) is 9.11. The van der Waals surface area contributed by atoms with Crippen molar-refractivity contribution in [1.29, 1.82) is 0 Å². The molecule has 1 saturated heterocycles. The zero-order valence-corrected chi connectivity index (χ0v) is 9.74. The van der Waals surface area contributed by atoms with E-state index in [4.69, 9.17) is 0 Å². The van der Waals surface area contributed by atoms with Gasteiger partial charge in [0.05, 0.1) is 0 Å². The number of rotatable bonds is 1. The van der Waals surface area contributed by atoms with Crippen molar-refractivity contribution < 1.29 is 20.4 Å². The Balaban J connectivity index is 0.000000810. The molecule has 1 unspecified atom stereocenters. The molecule has 0 aliphatic carbocycles. The van der Waals surface area contributed by atoms with Crippen LogP contribution in [-0.4, -0.2) is 13.1 Å². The molecular formula is C8H16NRe-. The summed E-state index contributed by atoms with van der Waals surface area (Å²) in [6.07, 6.45) is 1.30. The van der Waals surface area contributed by atoms with Gasteiger partial charge in [0.2, 0.25) is 0 Å². The molecule has 1 nitrogen and oxygen atoms in total. The van der Waals surface area contributed by atoms with Crippen molar-refractivity contribution in [3.63, 3.8) is 0 Å². The van der Waals surface area contributed by atoms with Crippen LogP contribution >= 0.6 is 0 Å². The minimum absolute atomic E-state index is 0. The SMILES string of the molecule is CC(C)C1(C)CC[N-]C1.[Re]. The molecule has 1 radical (unpaired) electrons. The first-order valence-corrected chi connectivity index (χ1v) is 3.78. The largest absolute Gasteiger partial charge is 0.662 e. The summed E-state index contributed by atoms with van der Waals surface area (Å²) in [4.78, 5) is 0. The molecule has 1 aliphatic heterocycles. The molecule has 0 aromatic carbocycles. The molecule has 10 heavy (non-hydrogen) atoms. The van der Waals surface area contributed by atoms with Gasteiger partial charge in [-0.1, -0.05) is 32.6 Å². The third kappa shape index (κ3) is 2.05. The third-order valence-corrected chi connectivity index (χ3v) is 2.71. The van der Waals surface area contributed by atoms with Crippen molar-refractivity contribution in [3.8, 4) is 0 Å². The second-order valence-electron chi connectivity index (χ2n) is 3.66. The van der Waals surface area contributed by atoms with Gasteiger partial charge in [-0.3, -0.25) is 0 Å². The second kappa shape index (κ2) is 3.86. The summed E-state index contributed by atoms with van der Waals surface area (Å²) >= 11 is 0. The van der Waals surface area contributed by atoms with Gasteiger partial charge in [-0.2, -0.15) is 0 Å². The van der Waals surface area contributed by atoms with Crippen molar-refractivity contribution in [3.05, 3.63) is 5.32 Å². The molecule has 2 heteroatoms. The van der Waals surface area contributed by atoms with Gasteiger partial charge in [0, 0.05) is 20.4 Å². The Morgan fingerprint density at radius 1 is 1.40 bits per heavy atom. The van der Waals surface area contributed by atoms with E-state index >= 15 is 0 Å². The van der Waals surface area contributed by atoms with Crippen LogP contribution in [0, 0.1) is 11.3 Å². The fourth-order valence-electron chi connectivity index (χ4n) is 1.22. The molecule has 1 heterocycles. The zero-order chi connectivity index (χ0) is 6.91. The van der Waals surface area contributed by atoms with Gasteiger partial charge in [0.15, 0.2) is 0 Å². The number of nitrogens with zero attached hydrogens (tertiary/aromatic N) is 1. The Labute approximate surface area is 77.6 Å². The van der Waals surface area contributed by atoms with Gasteiger partial charge in [-0.25, -0.2) is 0 Å². The molecule has 0 saturated carbocycles. The summed E-state index contributed by atoms with van der Waals surface area (Å²) in [7, 11) is 0. The van der Waals surface area contributed by atoms with Gasteiger partial charge in [0.25, 0.3) is 0 Å². The molecule has 0 aromatic rings. The minimum Gasteiger partial charge on any atom is -0.662 e. The molecule has 1 atom stereocenters. The van der Waals surface area contributed by atoms with Crippen molar-refractivity contribution >= 4 is 0 Å². The first-order chi connectivity index (χ1) is 4.15. The van der Waals surface area contributed by atoms with E-state index in [0.29, 0.717) is 5.41 Å². The Bertz CT molecular complexity index is 95.4. The summed E-state index contributed by atoms with van der Waals surface area (Å²) in [5, 5.41) is 4.36. The van der Waals surface area contributed by atoms with E-state index in [-0.39, 0.29) is 20.4 Å². The molecular weight excluding hydrogens is 296 g/mol. The van der Waals surface area contributed by atoms with E-state index in [2.05, 4.69) is 26.1 Å². The Morgan fingerprint density at radius 3 is 2.20 bits per heavy atom. The van der Waals surface area contributed by atoms with Gasteiger partial charge >= 0.3 is 0 Å². The standard InChI is InChI=1S/C8H16N.Re/c1-7(2)8(3)4-5-9-6-8;/h7H,4-6H2,1-3H3;/q-1;. The van der Waals surface area contributed by atoms with Gasteiger partial charge < -0.3 is 5.32 Å². The van der Waals surface area contributed by atoms with Crippen LogP contribution in [0.25, 0.3) is 5.32 Å². The second-order valence-corrected chi connectivity index (χ2v) is 3.66. The zero-order valence-electron chi connectivity index (χ0n) is 7.02. The normalized spacial score (nSPS) is 32.4. The molecule has 0 spiro atoms. The predicted molar refractivity (Wildman–Crippen MR) is 40.7 cm³/mol. The van der Waals surface area contributed by atoms with Crippen LogP contribution in [-0.2, 0) is 20.4 Å². The van der Waals surface area contributed by atoms with Crippen molar-refractivity contribution in [2.24, 2.45) is 11.3 Å². The van der Waals surface area contributed by atoms with E-state index in [0.717, 1.165) is 19.0 Å². The Hall–Kier alpha value is 0.622. The summed E-state index contributed by atoms with van der Waals surface area (Å²) in [5.41, 5.74) is 0.528. The van der Waals surface area contributed by atoms with Crippen molar-refractivity contribution in [1.82, 2.24) is 0 Å². The topological polar surface area (TPSA) is 14.1 Å². The molecule has 0 aromatic heterocycles. The van der Waals surface area contributed by atoms with E-state index < -0.39 is 0 Å². The van der Waals surface area contributed by atoms with Crippen molar-refractivity contribution in [2.75, 3.05) is 13.1 Å². The molecule has 0 bridgehead atoms. The van der Waals surface area contributed by atoms with Crippen LogP contribution in [0.1, 0.15) is 27.2 Å². The van der Waals surface area contributed by atoms with Crippen LogP contribution in [0.15, 0.2) is 0 Å². The fraction of sp³-hybridized carbons (Fsp3) is 1.00. The molecule has 61 valence electrons. The molecule has 0 N–H and O–H groups in total. The minimum atomic E-state index is 0. The maximum atomic E-state index is 4.36. The quantitative estimate of drug-likeness (QED) is 0.706. The van der Waals surface area contributed by atoms with Gasteiger partial charge in [-0.05, 0) is 5.92 Å². The number of hydrogen-bond donors (Lipinski definition) is 0. The first-order valence-electron chi connectivity index (χ1n) is 3.78. The Kier molecular flexibility index (Phi) is 4.09. The predicted octanol–water partition coefficient (Wildman–Crippen LogP) is 2.42. The monoisotopic (exact) mass is 313 g/mol. The number of hydrogen-bond acceptors (Lipinski definition) is 0.